The van der Waals surface area contributed by atoms with Gasteiger partial charge in [-0.1, -0.05) is 33.5 Å². The zero-order valence-electron chi connectivity index (χ0n) is 7.22. The van der Waals surface area contributed by atoms with Gasteiger partial charge in [-0.25, -0.2) is 0 Å². The molecule has 0 spiro atoms. The third-order valence-corrected chi connectivity index (χ3v) is 2.98. The van der Waals surface area contributed by atoms with E-state index in [1.54, 1.807) is 0 Å². The molecule has 1 aliphatic rings. The van der Waals surface area contributed by atoms with E-state index < -0.39 is 0 Å². The molecule has 1 heterocycles. The molecule has 62 valence electrons. The molecule has 0 aliphatic carbocycles. The fourth-order valence-electron chi connectivity index (χ4n) is 1.31. The molecule has 1 rings (SSSR count). The van der Waals surface area contributed by atoms with E-state index >= 15 is 0 Å². The lowest BCUT2D eigenvalue weighted by Gasteiger charge is -2.17. The molecule has 11 heavy (non-hydrogen) atoms. The first kappa shape index (κ1) is 8.96. The van der Waals surface area contributed by atoms with E-state index in [4.69, 9.17) is 0 Å². The summed E-state index contributed by atoms with van der Waals surface area (Å²) in [5.41, 5.74) is 1.47. The number of likely N-dealkylation sites (N-methyl/N-ethyl adjacent to an activating group) is 1. The van der Waals surface area contributed by atoms with Gasteiger partial charge in [-0.2, -0.15) is 0 Å². The summed E-state index contributed by atoms with van der Waals surface area (Å²) >= 11 is 0. The van der Waals surface area contributed by atoms with Gasteiger partial charge in [0, 0.05) is 6.04 Å². The highest BCUT2D eigenvalue weighted by molar-refractivity contribution is 7.42. The molecule has 0 saturated carbocycles. The largest absolute Gasteiger partial charge is 0.313 e. The van der Waals surface area contributed by atoms with Crippen LogP contribution in [0.15, 0.2) is 23.5 Å². The van der Waals surface area contributed by atoms with Crippen LogP contribution < -0.4 is 5.32 Å². The van der Waals surface area contributed by atoms with Crippen LogP contribution in [0.2, 0.25) is 0 Å². The van der Waals surface area contributed by atoms with Crippen LogP contribution in [0.5, 0.6) is 0 Å². The monoisotopic (exact) mass is 169 g/mol. The van der Waals surface area contributed by atoms with Crippen LogP contribution in [-0.4, -0.2) is 19.3 Å². The van der Waals surface area contributed by atoms with Crippen LogP contribution in [0.4, 0.5) is 0 Å². The first-order chi connectivity index (χ1) is 5.38. The second-order valence-corrected chi connectivity index (χ2v) is 3.81. The summed E-state index contributed by atoms with van der Waals surface area (Å²) in [4.78, 5) is 0. The van der Waals surface area contributed by atoms with E-state index in [0.29, 0.717) is 6.04 Å². The second-order valence-electron chi connectivity index (χ2n) is 2.70. The van der Waals surface area contributed by atoms with Gasteiger partial charge in [-0.05, 0) is 25.2 Å². The van der Waals surface area contributed by atoms with Crippen LogP contribution in [0.25, 0.3) is 0 Å². The summed E-state index contributed by atoms with van der Waals surface area (Å²) in [7, 11) is 3.02. The molecular weight excluding hydrogens is 153 g/mol. The predicted molar refractivity (Wildman–Crippen MR) is 53.5 cm³/mol. The van der Waals surface area contributed by atoms with Crippen LogP contribution in [0.3, 0.4) is 0 Å². The minimum absolute atomic E-state index is 0.569. The van der Waals surface area contributed by atoms with E-state index in [1.165, 1.54) is 18.2 Å². The van der Waals surface area contributed by atoms with Crippen molar-refractivity contribution in [1.29, 1.82) is 0 Å². The van der Waals surface area contributed by atoms with Gasteiger partial charge in [0.2, 0.25) is 0 Å². The van der Waals surface area contributed by atoms with Gasteiger partial charge in [0.1, 0.15) is 0 Å². The Hall–Kier alpha value is -0.130. The molecule has 0 bridgehead atoms. The highest BCUT2D eigenvalue weighted by Gasteiger charge is 2.07. The topological polar surface area (TPSA) is 12.0 Å². The zero-order valence-corrected chi connectivity index (χ0v) is 8.22. The molecule has 1 nitrogen and oxygen atoms in total. The van der Waals surface area contributed by atoms with Crippen molar-refractivity contribution in [2.45, 2.75) is 19.4 Å². The molecule has 0 fully saturated rings. The third kappa shape index (κ3) is 2.43. The van der Waals surface area contributed by atoms with Crippen molar-refractivity contribution in [3.05, 3.63) is 23.5 Å². The van der Waals surface area contributed by atoms with Crippen LogP contribution in [-0.2, 0) is 0 Å². The van der Waals surface area contributed by atoms with Crippen molar-refractivity contribution in [2.75, 3.05) is 13.2 Å². The maximum absolute atomic E-state index is 3.31. The van der Waals surface area contributed by atoms with Gasteiger partial charge in [0.25, 0.3) is 0 Å². The number of rotatable bonds is 3. The fraction of sp³-hybridized carbons (Fsp3) is 0.556. The van der Waals surface area contributed by atoms with Crippen molar-refractivity contribution >= 4 is 8.58 Å². The number of hydrogen-bond donors (Lipinski definition) is 1. The van der Waals surface area contributed by atoms with Crippen molar-refractivity contribution in [1.82, 2.24) is 5.32 Å². The molecule has 0 aromatic carbocycles. The Morgan fingerprint density at radius 2 is 2.55 bits per heavy atom. The van der Waals surface area contributed by atoms with Crippen molar-refractivity contribution in [2.24, 2.45) is 0 Å². The molecule has 0 radical (unpaired) electrons. The number of hydrogen-bond acceptors (Lipinski definition) is 1. The Labute approximate surface area is 70.7 Å². The maximum atomic E-state index is 3.31. The third-order valence-electron chi connectivity index (χ3n) is 1.97. The Morgan fingerprint density at radius 3 is 3.00 bits per heavy atom. The smallest absolute Gasteiger partial charge is 0.0315 e. The molecule has 1 aliphatic heterocycles. The molecule has 2 atom stereocenters. The van der Waals surface area contributed by atoms with Crippen LogP contribution >= 0.6 is 8.58 Å². The van der Waals surface area contributed by atoms with E-state index in [1.807, 2.05) is 7.05 Å². The lowest BCUT2D eigenvalue weighted by atomic mass is 10.1. The maximum Gasteiger partial charge on any atom is 0.0315 e. The molecule has 0 aromatic heterocycles. The van der Waals surface area contributed by atoms with E-state index in [2.05, 4.69) is 30.2 Å². The molecule has 0 saturated heterocycles. The highest BCUT2D eigenvalue weighted by Crippen LogP contribution is 2.23. The standard InChI is InChI=1S/C9H16NP/c1-3-9(10-2)8-5-4-6-11-7-8/h4-5,7,9-11H,3,6H2,1-2H3. The molecule has 2 unspecified atom stereocenters. The lowest BCUT2D eigenvalue weighted by molar-refractivity contribution is 0.628. The first-order valence-electron chi connectivity index (χ1n) is 4.15. The number of allylic oxidation sites excluding steroid dienone is 1. The van der Waals surface area contributed by atoms with Gasteiger partial charge in [-0.15, -0.1) is 0 Å². The summed E-state index contributed by atoms with van der Waals surface area (Å²) in [5.74, 6) is 2.37. The van der Waals surface area contributed by atoms with E-state index in [9.17, 15) is 0 Å². The summed E-state index contributed by atoms with van der Waals surface area (Å²) in [5, 5.41) is 3.31. The average molecular weight is 169 g/mol. The Bertz CT molecular complexity index is 168. The van der Waals surface area contributed by atoms with Crippen molar-refractivity contribution in [3.8, 4) is 0 Å². The Kier molecular flexibility index (Phi) is 3.82. The summed E-state index contributed by atoms with van der Waals surface area (Å²) in [6, 6.07) is 0.569. The summed E-state index contributed by atoms with van der Waals surface area (Å²) in [6.07, 6.45) is 6.94. The molecule has 0 amide bonds. The summed E-state index contributed by atoms with van der Waals surface area (Å²) in [6.45, 7) is 2.22. The second kappa shape index (κ2) is 4.69. The molecular formula is C9H16NP. The molecule has 2 heteroatoms. The van der Waals surface area contributed by atoms with E-state index in [0.717, 1.165) is 8.58 Å². The quantitative estimate of drug-likeness (QED) is 0.638. The Balaban J connectivity index is 2.56. The normalized spacial score (nSPS) is 21.8. The molecule has 1 N–H and O–H groups in total. The predicted octanol–water partition coefficient (Wildman–Crippen LogP) is 2.12. The average Bonchev–Trinajstić information content (AvgIpc) is 2.09. The van der Waals surface area contributed by atoms with E-state index in [-0.39, 0.29) is 0 Å². The summed E-state index contributed by atoms with van der Waals surface area (Å²) < 4.78 is 0. The van der Waals surface area contributed by atoms with Gasteiger partial charge < -0.3 is 5.32 Å². The van der Waals surface area contributed by atoms with Gasteiger partial charge >= 0.3 is 0 Å². The minimum atomic E-state index is 0.569. The van der Waals surface area contributed by atoms with Crippen LogP contribution in [0.1, 0.15) is 13.3 Å². The first-order valence-corrected chi connectivity index (χ1v) is 5.44. The zero-order chi connectivity index (χ0) is 8.10. The lowest BCUT2D eigenvalue weighted by Crippen LogP contribution is -2.25. The highest BCUT2D eigenvalue weighted by atomic mass is 31.1. The Morgan fingerprint density at radius 1 is 1.73 bits per heavy atom. The van der Waals surface area contributed by atoms with Crippen LogP contribution in [0, 0.1) is 0 Å². The molecule has 0 aromatic rings. The van der Waals surface area contributed by atoms with Gasteiger partial charge in [0.05, 0.1) is 0 Å². The minimum Gasteiger partial charge on any atom is -0.313 e. The van der Waals surface area contributed by atoms with Crippen molar-refractivity contribution < 1.29 is 0 Å². The SMILES string of the molecule is CCC(NC)C1=CPCC=C1. The van der Waals surface area contributed by atoms with Gasteiger partial charge in [-0.3, -0.25) is 0 Å². The fourth-order valence-corrected chi connectivity index (χ4v) is 2.22. The number of nitrogens with one attached hydrogen (secondary N) is 1. The van der Waals surface area contributed by atoms with Gasteiger partial charge in [0.15, 0.2) is 0 Å². The van der Waals surface area contributed by atoms with Crippen molar-refractivity contribution in [3.63, 3.8) is 0 Å².